The number of hydrogen-bond donors (Lipinski definition) is 0. The van der Waals surface area contributed by atoms with Crippen LogP contribution in [-0.4, -0.2) is 25.2 Å². The van der Waals surface area contributed by atoms with E-state index >= 15 is 0 Å². The second-order valence-corrected chi connectivity index (χ2v) is 5.44. The van der Waals surface area contributed by atoms with Crippen LogP contribution in [0.15, 0.2) is 18.2 Å². The number of benzene rings is 1. The largest absolute Gasteiger partial charge is 0.465 e. The first kappa shape index (κ1) is 13.9. The van der Waals surface area contributed by atoms with Gasteiger partial charge in [-0.2, -0.15) is 0 Å². The van der Waals surface area contributed by atoms with Crippen molar-refractivity contribution in [3.8, 4) is 11.5 Å². The Morgan fingerprint density at radius 3 is 2.86 bits per heavy atom. The van der Waals surface area contributed by atoms with Crippen LogP contribution in [0.3, 0.4) is 0 Å². The van der Waals surface area contributed by atoms with E-state index in [1.807, 2.05) is 18.2 Å². The van der Waals surface area contributed by atoms with E-state index in [-0.39, 0.29) is 19.2 Å². The first-order valence-electron chi connectivity index (χ1n) is 7.25. The molecule has 0 radical (unpaired) electrons. The van der Waals surface area contributed by atoms with Gasteiger partial charge in [0.05, 0.1) is 6.61 Å². The number of hydrogen-bond acceptors (Lipinski definition) is 5. The van der Waals surface area contributed by atoms with E-state index in [2.05, 4.69) is 0 Å². The summed E-state index contributed by atoms with van der Waals surface area (Å²) in [5, 5.41) is 0. The quantitative estimate of drug-likeness (QED) is 0.629. The van der Waals surface area contributed by atoms with Gasteiger partial charge >= 0.3 is 5.97 Å². The van der Waals surface area contributed by atoms with Gasteiger partial charge < -0.3 is 14.2 Å². The van der Waals surface area contributed by atoms with Gasteiger partial charge in [0.25, 0.3) is 0 Å². The summed E-state index contributed by atoms with van der Waals surface area (Å²) >= 11 is 0. The number of ether oxygens (including phenoxy) is 3. The topological polar surface area (TPSA) is 61.8 Å². The lowest BCUT2D eigenvalue weighted by Gasteiger charge is -2.25. The summed E-state index contributed by atoms with van der Waals surface area (Å²) < 4.78 is 15.8. The molecular weight excluding hydrogens is 272 g/mol. The monoisotopic (exact) mass is 290 g/mol. The van der Waals surface area contributed by atoms with Crippen molar-refractivity contribution >= 4 is 11.8 Å². The van der Waals surface area contributed by atoms with Crippen LogP contribution in [0.4, 0.5) is 0 Å². The van der Waals surface area contributed by atoms with E-state index in [0.29, 0.717) is 30.8 Å². The zero-order chi connectivity index (χ0) is 14.9. The number of rotatable bonds is 4. The highest BCUT2D eigenvalue weighted by molar-refractivity contribution is 6.05. The van der Waals surface area contributed by atoms with Gasteiger partial charge in [-0.1, -0.05) is 6.07 Å². The fourth-order valence-corrected chi connectivity index (χ4v) is 3.07. The molecule has 0 bridgehead atoms. The molecule has 0 spiro atoms. The molecule has 112 valence electrons. The van der Waals surface area contributed by atoms with Crippen molar-refractivity contribution in [1.82, 2.24) is 0 Å². The summed E-state index contributed by atoms with van der Waals surface area (Å²) in [6.45, 7) is 2.25. The maximum Gasteiger partial charge on any atom is 0.319 e. The second kappa shape index (κ2) is 5.39. The summed E-state index contributed by atoms with van der Waals surface area (Å²) in [6, 6.07) is 5.53. The van der Waals surface area contributed by atoms with Crippen molar-refractivity contribution in [1.29, 1.82) is 0 Å². The molecule has 1 aromatic rings. The molecule has 1 heterocycles. The summed E-state index contributed by atoms with van der Waals surface area (Å²) in [4.78, 5) is 24.6. The van der Waals surface area contributed by atoms with E-state index in [0.717, 1.165) is 12.0 Å². The summed E-state index contributed by atoms with van der Waals surface area (Å²) in [7, 11) is 0. The fourth-order valence-electron chi connectivity index (χ4n) is 3.07. The number of Topliss-reactive ketones (excluding diaryl/α,β-unsaturated/α-hetero) is 1. The lowest BCUT2D eigenvalue weighted by Crippen LogP contribution is -2.39. The first-order valence-corrected chi connectivity index (χ1v) is 7.25. The molecule has 0 N–H and O–H groups in total. The van der Waals surface area contributed by atoms with E-state index < -0.39 is 11.4 Å². The van der Waals surface area contributed by atoms with Crippen molar-refractivity contribution < 1.29 is 23.8 Å². The Labute approximate surface area is 123 Å². The minimum absolute atomic E-state index is 0.0152. The van der Waals surface area contributed by atoms with Gasteiger partial charge in [-0.3, -0.25) is 9.59 Å². The van der Waals surface area contributed by atoms with Crippen molar-refractivity contribution in [2.75, 3.05) is 13.4 Å². The highest BCUT2D eigenvalue weighted by atomic mass is 16.7. The van der Waals surface area contributed by atoms with Crippen LogP contribution >= 0.6 is 0 Å². The Morgan fingerprint density at radius 2 is 2.14 bits per heavy atom. The molecule has 0 aromatic heterocycles. The van der Waals surface area contributed by atoms with Gasteiger partial charge in [-0.25, -0.2) is 0 Å². The second-order valence-electron chi connectivity index (χ2n) is 5.44. The van der Waals surface area contributed by atoms with Crippen molar-refractivity contribution in [3.05, 3.63) is 23.8 Å². The number of carbonyl (C=O) groups excluding carboxylic acids is 2. The highest BCUT2D eigenvalue weighted by Gasteiger charge is 2.49. The molecule has 5 heteroatoms. The zero-order valence-electron chi connectivity index (χ0n) is 12.0. The molecule has 1 unspecified atom stereocenters. The van der Waals surface area contributed by atoms with Gasteiger partial charge in [-0.05, 0) is 43.9 Å². The number of carbonyl (C=O) groups is 2. The Balaban J connectivity index is 1.88. The van der Waals surface area contributed by atoms with Crippen molar-refractivity contribution in [2.24, 2.45) is 5.41 Å². The summed E-state index contributed by atoms with van der Waals surface area (Å²) in [5.41, 5.74) is -0.133. The van der Waals surface area contributed by atoms with Crippen LogP contribution in [-0.2, 0) is 20.7 Å². The number of ketones is 1. The molecule has 1 aliphatic heterocycles. The van der Waals surface area contributed by atoms with Crippen molar-refractivity contribution in [3.63, 3.8) is 0 Å². The van der Waals surface area contributed by atoms with Crippen LogP contribution in [0.1, 0.15) is 31.7 Å². The van der Waals surface area contributed by atoms with Crippen molar-refractivity contribution in [2.45, 2.75) is 32.6 Å². The third-order valence-corrected chi connectivity index (χ3v) is 4.15. The van der Waals surface area contributed by atoms with Gasteiger partial charge in [0.2, 0.25) is 6.79 Å². The molecule has 1 atom stereocenters. The standard InChI is InChI=1S/C16H18O5/c1-2-19-15(18)16(7-3-4-14(16)17)9-11-5-6-12-13(8-11)21-10-20-12/h5-6,8H,2-4,7,9-10H2,1H3. The molecule has 21 heavy (non-hydrogen) atoms. The molecule has 1 aliphatic carbocycles. The fraction of sp³-hybridized carbons (Fsp3) is 0.500. The molecule has 1 aromatic carbocycles. The third kappa shape index (κ3) is 2.37. The minimum Gasteiger partial charge on any atom is -0.465 e. The minimum atomic E-state index is -1.02. The van der Waals surface area contributed by atoms with Gasteiger partial charge in [-0.15, -0.1) is 0 Å². The van der Waals surface area contributed by atoms with Crippen LogP contribution in [0.25, 0.3) is 0 Å². The Kier molecular flexibility index (Phi) is 3.57. The van der Waals surface area contributed by atoms with E-state index in [9.17, 15) is 9.59 Å². The van der Waals surface area contributed by atoms with Crippen LogP contribution in [0, 0.1) is 5.41 Å². The highest BCUT2D eigenvalue weighted by Crippen LogP contribution is 2.41. The number of fused-ring (bicyclic) bond motifs is 1. The van der Waals surface area contributed by atoms with E-state index in [1.165, 1.54) is 0 Å². The normalized spacial score (nSPS) is 23.4. The van der Waals surface area contributed by atoms with Crippen LogP contribution in [0.5, 0.6) is 11.5 Å². The van der Waals surface area contributed by atoms with E-state index in [1.54, 1.807) is 6.92 Å². The smallest absolute Gasteiger partial charge is 0.319 e. The predicted molar refractivity (Wildman–Crippen MR) is 74.2 cm³/mol. The SMILES string of the molecule is CCOC(=O)C1(Cc2ccc3c(c2)OCO3)CCCC1=O. The Morgan fingerprint density at radius 1 is 1.33 bits per heavy atom. The zero-order valence-corrected chi connectivity index (χ0v) is 12.0. The molecule has 2 aliphatic rings. The molecule has 3 rings (SSSR count). The average Bonchev–Trinajstić information content (AvgIpc) is 3.07. The third-order valence-electron chi connectivity index (χ3n) is 4.15. The van der Waals surface area contributed by atoms with E-state index in [4.69, 9.17) is 14.2 Å². The molecule has 0 amide bonds. The van der Waals surface area contributed by atoms with Crippen LogP contribution < -0.4 is 9.47 Å². The maximum absolute atomic E-state index is 12.3. The number of esters is 1. The molecule has 1 saturated carbocycles. The molecule has 0 saturated heterocycles. The predicted octanol–water partition coefficient (Wildman–Crippen LogP) is 2.26. The van der Waals surface area contributed by atoms with Gasteiger partial charge in [0.15, 0.2) is 17.3 Å². The lowest BCUT2D eigenvalue weighted by atomic mass is 9.79. The summed E-state index contributed by atoms with van der Waals surface area (Å²) in [6.07, 6.45) is 2.10. The maximum atomic E-state index is 12.3. The molecular formula is C16H18O5. The van der Waals surface area contributed by atoms with Crippen LogP contribution in [0.2, 0.25) is 0 Å². The lowest BCUT2D eigenvalue weighted by molar-refractivity contribution is -0.158. The Hall–Kier alpha value is -2.04. The molecule has 5 nitrogen and oxygen atoms in total. The van der Waals surface area contributed by atoms with Gasteiger partial charge in [0, 0.05) is 6.42 Å². The summed E-state index contributed by atoms with van der Waals surface area (Å²) in [5.74, 6) is 0.947. The average molecular weight is 290 g/mol. The Bertz CT molecular complexity index is 580. The molecule has 1 fully saturated rings. The first-order chi connectivity index (χ1) is 10.2. The van der Waals surface area contributed by atoms with Gasteiger partial charge in [0.1, 0.15) is 5.41 Å².